The van der Waals surface area contributed by atoms with Crippen LogP contribution in [0, 0.1) is 6.92 Å². The summed E-state index contributed by atoms with van der Waals surface area (Å²) in [6.07, 6.45) is 2.66. The molecule has 0 aromatic heterocycles. The maximum Gasteiger partial charge on any atom is 0.295 e. The average Bonchev–Trinajstić information content (AvgIpc) is 3.23. The van der Waals surface area contributed by atoms with Crippen molar-refractivity contribution in [2.24, 2.45) is 0 Å². The summed E-state index contributed by atoms with van der Waals surface area (Å²) in [5.74, 6) is 0.256. The first kappa shape index (κ1) is 30.4. The maximum absolute atomic E-state index is 13.5. The molecule has 0 radical (unpaired) electrons. The molecule has 0 bridgehead atoms. The summed E-state index contributed by atoms with van der Waals surface area (Å²) in [6, 6.07) is 9.92. The van der Waals surface area contributed by atoms with Crippen LogP contribution in [0.25, 0.3) is 5.76 Å². The van der Waals surface area contributed by atoms with Gasteiger partial charge < -0.3 is 29.0 Å². The highest BCUT2D eigenvalue weighted by atomic mass is 16.5. The van der Waals surface area contributed by atoms with E-state index >= 15 is 0 Å². The number of nitrogens with zero attached hydrogens (tertiary/aromatic N) is 2. The molecule has 4 rings (SSSR count). The Morgan fingerprint density at radius 2 is 1.73 bits per heavy atom. The Morgan fingerprint density at radius 3 is 2.41 bits per heavy atom. The van der Waals surface area contributed by atoms with Crippen LogP contribution >= 0.6 is 0 Å². The number of methoxy groups -OCH3 is 1. The van der Waals surface area contributed by atoms with E-state index in [2.05, 4.69) is 11.8 Å². The number of unbranched alkanes of at least 4 members (excludes halogenated alkanes) is 1. The first-order chi connectivity index (χ1) is 19.9. The van der Waals surface area contributed by atoms with Crippen molar-refractivity contribution >= 4 is 17.4 Å². The number of carbonyl (C=O) groups is 2. The predicted molar refractivity (Wildman–Crippen MR) is 157 cm³/mol. The second kappa shape index (κ2) is 14.4. The zero-order chi connectivity index (χ0) is 29.4. The molecule has 9 nitrogen and oxygen atoms in total. The Bertz CT molecular complexity index is 1250. The number of aliphatic hydroxyl groups is 1. The van der Waals surface area contributed by atoms with E-state index in [0.717, 1.165) is 43.8 Å². The first-order valence-corrected chi connectivity index (χ1v) is 14.5. The van der Waals surface area contributed by atoms with E-state index in [1.165, 1.54) is 0 Å². The minimum Gasteiger partial charge on any atom is -0.507 e. The molecule has 2 aliphatic rings. The van der Waals surface area contributed by atoms with Gasteiger partial charge in [-0.05, 0) is 68.1 Å². The Balaban J connectivity index is 1.70. The molecule has 2 aromatic rings. The molecule has 41 heavy (non-hydrogen) atoms. The lowest BCUT2D eigenvalue weighted by molar-refractivity contribution is -0.140. The van der Waals surface area contributed by atoms with Crippen LogP contribution in [0.4, 0.5) is 0 Å². The largest absolute Gasteiger partial charge is 0.507 e. The average molecular weight is 567 g/mol. The van der Waals surface area contributed by atoms with E-state index in [4.69, 9.17) is 18.9 Å². The molecular formula is C32H42N2O7. The Kier molecular flexibility index (Phi) is 10.7. The Labute approximate surface area is 242 Å². The number of carbonyl (C=O) groups excluding carboxylic acids is 2. The Morgan fingerprint density at radius 1 is 0.976 bits per heavy atom. The summed E-state index contributed by atoms with van der Waals surface area (Å²) in [4.78, 5) is 30.8. The number of hydrogen-bond donors (Lipinski definition) is 1. The highest BCUT2D eigenvalue weighted by Crippen LogP contribution is 2.42. The molecule has 0 aliphatic carbocycles. The van der Waals surface area contributed by atoms with E-state index in [0.29, 0.717) is 62.0 Å². The number of hydrogen-bond acceptors (Lipinski definition) is 8. The summed E-state index contributed by atoms with van der Waals surface area (Å²) >= 11 is 0. The first-order valence-electron chi connectivity index (χ1n) is 14.5. The number of aliphatic hydroxyl groups excluding tert-OH is 1. The number of rotatable bonds is 13. The molecule has 2 aliphatic heterocycles. The molecule has 222 valence electrons. The fourth-order valence-corrected chi connectivity index (χ4v) is 5.32. The topological polar surface area (TPSA) is 97.8 Å². The lowest BCUT2D eigenvalue weighted by Crippen LogP contribution is -2.39. The summed E-state index contributed by atoms with van der Waals surface area (Å²) in [6.45, 7) is 11.2. The predicted octanol–water partition coefficient (Wildman–Crippen LogP) is 4.73. The van der Waals surface area contributed by atoms with Crippen molar-refractivity contribution in [1.82, 2.24) is 9.80 Å². The molecule has 1 amide bonds. The van der Waals surface area contributed by atoms with Gasteiger partial charge in [0, 0.05) is 31.7 Å². The second-order valence-electron chi connectivity index (χ2n) is 10.3. The number of morpholine rings is 1. The normalized spacial score (nSPS) is 19.0. The van der Waals surface area contributed by atoms with Crippen LogP contribution < -0.4 is 14.2 Å². The molecule has 1 N–H and O–H groups in total. The molecule has 0 saturated carbocycles. The highest BCUT2D eigenvalue weighted by molar-refractivity contribution is 6.46. The third-order valence-electron chi connectivity index (χ3n) is 7.52. The van der Waals surface area contributed by atoms with Gasteiger partial charge in [-0.25, -0.2) is 0 Å². The van der Waals surface area contributed by atoms with E-state index < -0.39 is 17.7 Å². The summed E-state index contributed by atoms with van der Waals surface area (Å²) < 4.78 is 22.6. The van der Waals surface area contributed by atoms with E-state index in [9.17, 15) is 14.7 Å². The van der Waals surface area contributed by atoms with Gasteiger partial charge in [0.1, 0.15) is 11.5 Å². The van der Waals surface area contributed by atoms with Crippen molar-refractivity contribution in [2.75, 3.05) is 59.7 Å². The zero-order valence-corrected chi connectivity index (χ0v) is 24.6. The summed E-state index contributed by atoms with van der Waals surface area (Å²) in [7, 11) is 1.55. The van der Waals surface area contributed by atoms with Gasteiger partial charge in [-0.1, -0.05) is 19.4 Å². The molecule has 2 heterocycles. The fraction of sp³-hybridized carbons (Fsp3) is 0.500. The molecule has 1 unspecified atom stereocenters. The van der Waals surface area contributed by atoms with Crippen LogP contribution in [0.1, 0.15) is 55.8 Å². The van der Waals surface area contributed by atoms with Crippen molar-refractivity contribution in [3.05, 3.63) is 58.7 Å². The number of ether oxygens (including phenoxy) is 4. The van der Waals surface area contributed by atoms with Crippen LogP contribution in [-0.4, -0.2) is 86.3 Å². The third kappa shape index (κ3) is 7.02. The smallest absolute Gasteiger partial charge is 0.295 e. The lowest BCUT2D eigenvalue weighted by Gasteiger charge is -2.29. The minimum absolute atomic E-state index is 0.0617. The molecule has 0 spiro atoms. The number of likely N-dealkylation sites (tertiary alicyclic amines) is 1. The Hall–Kier alpha value is -3.56. The number of Topliss-reactive ketones (excluding diaryl/α,β-unsaturated/α-hetero) is 1. The van der Waals surface area contributed by atoms with Crippen molar-refractivity contribution < 1.29 is 33.6 Å². The van der Waals surface area contributed by atoms with Gasteiger partial charge in [0.05, 0.1) is 45.2 Å². The van der Waals surface area contributed by atoms with Gasteiger partial charge in [0.2, 0.25) is 0 Å². The lowest BCUT2D eigenvalue weighted by atomic mass is 9.94. The van der Waals surface area contributed by atoms with Gasteiger partial charge >= 0.3 is 0 Å². The molecule has 1 atom stereocenters. The standard InChI is InChI=1S/C32H42N2O7/c1-5-7-17-41-25-11-10-24(20-22(25)3)30(35)28-29(23-9-12-26(40-6-2)27(21-23)38-4)34(32(37)31(28)36)14-8-13-33-15-18-39-19-16-33/h9-12,20-21,29,35H,5-8,13-19H2,1-4H3/b30-28-. The quantitative estimate of drug-likeness (QED) is 0.161. The van der Waals surface area contributed by atoms with Crippen LogP contribution in [0.3, 0.4) is 0 Å². The summed E-state index contributed by atoms with van der Waals surface area (Å²) in [5, 5.41) is 11.5. The van der Waals surface area contributed by atoms with Crippen LogP contribution in [0.5, 0.6) is 17.2 Å². The van der Waals surface area contributed by atoms with Crippen LogP contribution in [0.15, 0.2) is 42.0 Å². The van der Waals surface area contributed by atoms with Gasteiger partial charge in [-0.2, -0.15) is 0 Å². The van der Waals surface area contributed by atoms with Gasteiger partial charge in [-0.15, -0.1) is 0 Å². The number of aryl methyl sites for hydroxylation is 1. The number of benzene rings is 2. The van der Waals surface area contributed by atoms with Crippen LogP contribution in [-0.2, 0) is 14.3 Å². The molecular weight excluding hydrogens is 524 g/mol. The second-order valence-corrected chi connectivity index (χ2v) is 10.3. The van der Waals surface area contributed by atoms with E-state index in [1.807, 2.05) is 19.9 Å². The third-order valence-corrected chi connectivity index (χ3v) is 7.52. The summed E-state index contributed by atoms with van der Waals surface area (Å²) in [5.41, 5.74) is 2.02. The van der Waals surface area contributed by atoms with Crippen LogP contribution in [0.2, 0.25) is 0 Å². The van der Waals surface area contributed by atoms with Crippen molar-refractivity contribution in [3.8, 4) is 17.2 Å². The van der Waals surface area contributed by atoms with Gasteiger partial charge in [0.25, 0.3) is 11.7 Å². The highest BCUT2D eigenvalue weighted by Gasteiger charge is 2.46. The molecule has 2 fully saturated rings. The van der Waals surface area contributed by atoms with Crippen molar-refractivity contribution in [3.63, 3.8) is 0 Å². The van der Waals surface area contributed by atoms with Gasteiger partial charge in [-0.3, -0.25) is 14.5 Å². The zero-order valence-electron chi connectivity index (χ0n) is 24.6. The minimum atomic E-state index is -0.773. The monoisotopic (exact) mass is 566 g/mol. The molecule has 2 saturated heterocycles. The number of ketones is 1. The SMILES string of the molecule is CCCCOc1ccc(/C(O)=C2/C(=O)C(=O)N(CCCN3CCOCC3)C2c2ccc(OCC)c(OC)c2)cc1C. The van der Waals surface area contributed by atoms with Crippen molar-refractivity contribution in [1.29, 1.82) is 0 Å². The molecule has 2 aromatic carbocycles. The van der Waals surface area contributed by atoms with Crippen molar-refractivity contribution in [2.45, 2.75) is 46.1 Å². The fourth-order valence-electron chi connectivity index (χ4n) is 5.32. The van der Waals surface area contributed by atoms with E-state index in [1.54, 1.807) is 42.3 Å². The maximum atomic E-state index is 13.5. The van der Waals surface area contributed by atoms with Gasteiger partial charge in [0.15, 0.2) is 11.5 Å². The van der Waals surface area contributed by atoms with E-state index in [-0.39, 0.29) is 11.3 Å². The number of amides is 1. The molecule has 9 heteroatoms.